The molecule has 0 radical (unpaired) electrons. The van der Waals surface area contributed by atoms with Crippen molar-refractivity contribution in [1.29, 1.82) is 0 Å². The second-order valence-electron chi connectivity index (χ2n) is 5.00. The van der Waals surface area contributed by atoms with Crippen molar-refractivity contribution in [3.8, 4) is 0 Å². The number of nitrogens with two attached hydrogens (primary N) is 1. The summed E-state index contributed by atoms with van der Waals surface area (Å²) in [6, 6.07) is 0. The minimum absolute atomic E-state index is 0.0850. The van der Waals surface area contributed by atoms with Crippen molar-refractivity contribution in [2.24, 2.45) is 0 Å². The Morgan fingerprint density at radius 1 is 1.50 bits per heavy atom. The molecule has 0 saturated carbocycles. The summed E-state index contributed by atoms with van der Waals surface area (Å²) in [4.78, 5) is 2.12. The number of sulfone groups is 1. The van der Waals surface area contributed by atoms with Crippen LogP contribution in [0, 0.1) is 0 Å². The SMILES string of the molecule is CC1(C)CN(c2snc(N)c2S(C)(=O)=O)CCO1. The zero-order valence-electron chi connectivity index (χ0n) is 10.6. The Labute approximate surface area is 111 Å². The molecular weight excluding hydrogens is 274 g/mol. The molecule has 1 aromatic heterocycles. The lowest BCUT2D eigenvalue weighted by molar-refractivity contribution is -0.0276. The van der Waals surface area contributed by atoms with E-state index in [0.717, 1.165) is 17.8 Å². The summed E-state index contributed by atoms with van der Waals surface area (Å²) < 4.78 is 33.1. The van der Waals surface area contributed by atoms with Gasteiger partial charge >= 0.3 is 0 Å². The molecule has 2 heterocycles. The molecule has 1 fully saturated rings. The third kappa shape index (κ3) is 2.60. The number of nitrogens with zero attached hydrogens (tertiary/aromatic N) is 2. The van der Waals surface area contributed by atoms with Crippen LogP contribution in [-0.2, 0) is 14.6 Å². The van der Waals surface area contributed by atoms with Crippen LogP contribution in [0.5, 0.6) is 0 Å². The number of hydrogen-bond donors (Lipinski definition) is 1. The molecule has 0 amide bonds. The van der Waals surface area contributed by atoms with Gasteiger partial charge in [-0.2, -0.15) is 4.37 Å². The van der Waals surface area contributed by atoms with Crippen molar-refractivity contribution in [3.63, 3.8) is 0 Å². The molecule has 0 spiro atoms. The molecule has 1 saturated heterocycles. The predicted molar refractivity (Wildman–Crippen MR) is 71.9 cm³/mol. The van der Waals surface area contributed by atoms with Crippen LogP contribution in [0.25, 0.3) is 0 Å². The first-order chi connectivity index (χ1) is 8.21. The van der Waals surface area contributed by atoms with Crippen molar-refractivity contribution in [1.82, 2.24) is 4.37 Å². The highest BCUT2D eigenvalue weighted by Gasteiger charge is 2.32. The van der Waals surface area contributed by atoms with Gasteiger partial charge in [-0.25, -0.2) is 8.42 Å². The Balaban J connectivity index is 2.41. The summed E-state index contributed by atoms with van der Waals surface area (Å²) in [5.74, 6) is 0.0850. The van der Waals surface area contributed by atoms with Gasteiger partial charge in [-0.3, -0.25) is 0 Å². The molecular formula is C10H17N3O3S2. The summed E-state index contributed by atoms with van der Waals surface area (Å²) >= 11 is 1.13. The van der Waals surface area contributed by atoms with Gasteiger partial charge in [0.25, 0.3) is 0 Å². The van der Waals surface area contributed by atoms with E-state index < -0.39 is 9.84 Å². The second-order valence-corrected chi connectivity index (χ2v) is 7.71. The zero-order valence-corrected chi connectivity index (χ0v) is 12.3. The number of anilines is 2. The number of rotatable bonds is 2. The molecule has 0 atom stereocenters. The normalized spacial score (nSPS) is 20.1. The first kappa shape index (κ1) is 13.6. The molecule has 6 nitrogen and oxygen atoms in total. The highest BCUT2D eigenvalue weighted by atomic mass is 32.2. The Morgan fingerprint density at radius 3 is 2.72 bits per heavy atom. The topological polar surface area (TPSA) is 85.5 Å². The maximum atomic E-state index is 11.8. The van der Waals surface area contributed by atoms with Gasteiger partial charge in [-0.05, 0) is 25.4 Å². The van der Waals surface area contributed by atoms with Gasteiger partial charge in [0, 0.05) is 19.3 Å². The minimum Gasteiger partial charge on any atom is -0.382 e. The van der Waals surface area contributed by atoms with E-state index in [1.165, 1.54) is 0 Å². The zero-order chi connectivity index (χ0) is 13.6. The molecule has 18 heavy (non-hydrogen) atoms. The van der Waals surface area contributed by atoms with E-state index in [9.17, 15) is 8.42 Å². The van der Waals surface area contributed by atoms with Gasteiger partial charge in [0.05, 0.1) is 12.2 Å². The molecule has 2 N–H and O–H groups in total. The summed E-state index contributed by atoms with van der Waals surface area (Å²) in [6.07, 6.45) is 1.15. The number of morpholine rings is 1. The molecule has 8 heteroatoms. The summed E-state index contributed by atoms with van der Waals surface area (Å²) in [6.45, 7) is 5.78. The van der Waals surface area contributed by atoms with Crippen LogP contribution in [0.2, 0.25) is 0 Å². The monoisotopic (exact) mass is 291 g/mol. The molecule has 0 aromatic carbocycles. The van der Waals surface area contributed by atoms with E-state index in [1.807, 2.05) is 18.7 Å². The Bertz CT molecular complexity index is 551. The standard InChI is InChI=1S/C10H17N3O3S2/c1-10(2)6-13(4-5-16-10)9-7(18(3,14)15)8(11)12-17-9/h4-6H2,1-3H3,(H2,11,12). The summed E-state index contributed by atoms with van der Waals surface area (Å²) in [5.41, 5.74) is 5.36. The minimum atomic E-state index is -3.37. The molecule has 0 aliphatic carbocycles. The summed E-state index contributed by atoms with van der Waals surface area (Å²) in [7, 11) is -3.37. The maximum Gasteiger partial charge on any atom is 0.182 e. The first-order valence-corrected chi connectivity index (χ1v) is 8.21. The fourth-order valence-electron chi connectivity index (χ4n) is 2.02. The van der Waals surface area contributed by atoms with Crippen LogP contribution < -0.4 is 10.6 Å². The number of aromatic nitrogens is 1. The lowest BCUT2D eigenvalue weighted by Gasteiger charge is -2.38. The van der Waals surface area contributed by atoms with E-state index in [0.29, 0.717) is 24.7 Å². The molecule has 102 valence electrons. The van der Waals surface area contributed by atoms with Crippen LogP contribution in [-0.4, -0.2) is 44.3 Å². The number of ether oxygens (including phenoxy) is 1. The molecule has 2 rings (SSSR count). The fraction of sp³-hybridized carbons (Fsp3) is 0.700. The maximum absolute atomic E-state index is 11.8. The van der Waals surface area contributed by atoms with Gasteiger partial charge in [-0.1, -0.05) is 0 Å². The number of hydrogen-bond acceptors (Lipinski definition) is 7. The number of nitrogen functional groups attached to an aromatic ring is 1. The molecule has 0 bridgehead atoms. The Morgan fingerprint density at radius 2 is 2.17 bits per heavy atom. The average molecular weight is 291 g/mol. The van der Waals surface area contributed by atoms with E-state index >= 15 is 0 Å². The van der Waals surface area contributed by atoms with Crippen molar-refractivity contribution in [3.05, 3.63) is 0 Å². The Kier molecular flexibility index (Phi) is 3.28. The van der Waals surface area contributed by atoms with Crippen LogP contribution in [0.15, 0.2) is 4.90 Å². The van der Waals surface area contributed by atoms with Crippen LogP contribution in [0.1, 0.15) is 13.8 Å². The smallest absolute Gasteiger partial charge is 0.182 e. The van der Waals surface area contributed by atoms with Gasteiger partial charge in [-0.15, -0.1) is 0 Å². The van der Waals surface area contributed by atoms with Gasteiger partial charge in [0.1, 0.15) is 9.90 Å². The predicted octanol–water partition coefficient (Wildman–Crippen LogP) is 0.744. The summed E-state index contributed by atoms with van der Waals surface area (Å²) in [5, 5.41) is 0.617. The quantitative estimate of drug-likeness (QED) is 0.865. The van der Waals surface area contributed by atoms with E-state index in [2.05, 4.69) is 4.37 Å². The van der Waals surface area contributed by atoms with Crippen molar-refractivity contribution in [2.75, 3.05) is 36.6 Å². The van der Waals surface area contributed by atoms with Gasteiger partial charge < -0.3 is 15.4 Å². The molecule has 1 aliphatic heterocycles. The van der Waals surface area contributed by atoms with Gasteiger partial charge in [0.2, 0.25) is 0 Å². The fourth-order valence-corrected chi connectivity index (χ4v) is 4.26. The van der Waals surface area contributed by atoms with E-state index in [1.54, 1.807) is 0 Å². The van der Waals surface area contributed by atoms with Crippen LogP contribution in [0.3, 0.4) is 0 Å². The van der Waals surface area contributed by atoms with Crippen LogP contribution >= 0.6 is 11.5 Å². The third-order valence-electron chi connectivity index (χ3n) is 2.74. The lowest BCUT2D eigenvalue weighted by atomic mass is 10.1. The lowest BCUT2D eigenvalue weighted by Crippen LogP contribution is -2.48. The largest absolute Gasteiger partial charge is 0.382 e. The molecule has 1 aromatic rings. The molecule has 1 aliphatic rings. The second kappa shape index (κ2) is 4.36. The molecule has 0 unspecified atom stereocenters. The average Bonchev–Trinajstić information content (AvgIpc) is 2.58. The van der Waals surface area contributed by atoms with Gasteiger partial charge in [0.15, 0.2) is 15.7 Å². The van der Waals surface area contributed by atoms with E-state index in [4.69, 9.17) is 10.5 Å². The van der Waals surface area contributed by atoms with Crippen molar-refractivity contribution >= 4 is 32.2 Å². The van der Waals surface area contributed by atoms with Crippen molar-refractivity contribution in [2.45, 2.75) is 24.3 Å². The Hall–Kier alpha value is -0.860. The third-order valence-corrected chi connectivity index (χ3v) is 4.94. The first-order valence-electron chi connectivity index (χ1n) is 5.55. The van der Waals surface area contributed by atoms with Crippen LogP contribution in [0.4, 0.5) is 10.8 Å². The highest BCUT2D eigenvalue weighted by molar-refractivity contribution is 7.91. The van der Waals surface area contributed by atoms with E-state index in [-0.39, 0.29) is 16.3 Å². The van der Waals surface area contributed by atoms with Crippen molar-refractivity contribution < 1.29 is 13.2 Å². The highest BCUT2D eigenvalue weighted by Crippen LogP contribution is 2.36.